The number of hydrogen-bond acceptors (Lipinski definition) is 10. The molecule has 0 bridgehead atoms. The summed E-state index contributed by atoms with van der Waals surface area (Å²) in [6.07, 6.45) is 3.49. The molecule has 1 aliphatic carbocycles. The monoisotopic (exact) mass is 519 g/mol. The highest BCUT2D eigenvalue weighted by Crippen LogP contribution is 2.36. The third-order valence-corrected chi connectivity index (χ3v) is 8.07. The van der Waals surface area contributed by atoms with Crippen LogP contribution in [0.15, 0.2) is 23.5 Å². The van der Waals surface area contributed by atoms with Gasteiger partial charge in [0.1, 0.15) is 18.0 Å². The predicted molar refractivity (Wildman–Crippen MR) is 133 cm³/mol. The van der Waals surface area contributed by atoms with Gasteiger partial charge in [0, 0.05) is 25.9 Å². The summed E-state index contributed by atoms with van der Waals surface area (Å²) < 4.78 is 42.1. The molecule has 2 aromatic rings. The Hall–Kier alpha value is -3.15. The smallest absolute Gasteiger partial charge is 0.410 e. The van der Waals surface area contributed by atoms with E-state index in [-0.39, 0.29) is 28.4 Å². The Balaban J connectivity index is 1.43. The topological polar surface area (TPSA) is 133 Å². The van der Waals surface area contributed by atoms with Crippen LogP contribution in [-0.2, 0) is 14.6 Å². The maximum absolute atomic E-state index is 12.5. The Morgan fingerprint density at radius 3 is 2.39 bits per heavy atom. The number of amides is 1. The summed E-state index contributed by atoms with van der Waals surface area (Å²) in [5, 5.41) is 2.92. The van der Waals surface area contributed by atoms with Gasteiger partial charge < -0.3 is 24.4 Å². The van der Waals surface area contributed by atoms with Crippen LogP contribution in [0.25, 0.3) is 0 Å². The fraction of sp³-hybridized carbons (Fsp3) is 0.583. The van der Waals surface area contributed by atoms with Crippen LogP contribution in [0.4, 0.5) is 16.3 Å². The minimum absolute atomic E-state index is 0.0875. The molecular weight excluding hydrogens is 486 g/mol. The highest BCUT2D eigenvalue weighted by atomic mass is 32.2. The molecule has 0 unspecified atom stereocenters. The number of piperidine rings is 1. The quantitative estimate of drug-likeness (QED) is 0.578. The van der Waals surface area contributed by atoms with Crippen molar-refractivity contribution < 1.29 is 27.4 Å². The summed E-state index contributed by atoms with van der Waals surface area (Å²) in [4.78, 5) is 26.8. The van der Waals surface area contributed by atoms with E-state index in [1.807, 2.05) is 20.8 Å². The third-order valence-electron chi connectivity index (χ3n) is 5.92. The van der Waals surface area contributed by atoms with Crippen LogP contribution < -0.4 is 14.8 Å². The molecule has 1 saturated heterocycles. The molecule has 0 spiro atoms. The molecular formula is C24H33N5O6S. The average molecular weight is 520 g/mol. The third kappa shape index (κ3) is 5.97. The van der Waals surface area contributed by atoms with Crippen LogP contribution >= 0.6 is 0 Å². The number of anilines is 2. The van der Waals surface area contributed by atoms with Crippen molar-refractivity contribution in [3.63, 3.8) is 0 Å². The average Bonchev–Trinajstić information content (AvgIpc) is 3.66. The van der Waals surface area contributed by atoms with E-state index in [4.69, 9.17) is 14.2 Å². The second-order valence-corrected chi connectivity index (χ2v) is 12.2. The number of methoxy groups -OCH3 is 1. The van der Waals surface area contributed by atoms with E-state index in [9.17, 15) is 13.2 Å². The van der Waals surface area contributed by atoms with Gasteiger partial charge in [-0.2, -0.15) is 4.98 Å². The fourth-order valence-electron chi connectivity index (χ4n) is 3.86. The van der Waals surface area contributed by atoms with Crippen LogP contribution in [0.1, 0.15) is 52.1 Å². The Morgan fingerprint density at radius 2 is 1.81 bits per heavy atom. The first-order valence-electron chi connectivity index (χ1n) is 12.0. The lowest BCUT2D eigenvalue weighted by Crippen LogP contribution is -2.44. The lowest BCUT2D eigenvalue weighted by molar-refractivity contribution is 0.0120. The number of nitrogens with one attached hydrogen (secondary N) is 1. The van der Waals surface area contributed by atoms with Gasteiger partial charge in [-0.1, -0.05) is 0 Å². The van der Waals surface area contributed by atoms with Crippen molar-refractivity contribution in [2.45, 2.75) is 75.4 Å². The molecule has 1 N–H and O–H groups in total. The summed E-state index contributed by atoms with van der Waals surface area (Å²) >= 11 is 0. The molecule has 2 aliphatic rings. The molecule has 36 heavy (non-hydrogen) atoms. The molecule has 3 heterocycles. The van der Waals surface area contributed by atoms with Crippen LogP contribution in [0.2, 0.25) is 0 Å². The lowest BCUT2D eigenvalue weighted by atomic mass is 10.1. The van der Waals surface area contributed by atoms with Crippen molar-refractivity contribution in [1.82, 2.24) is 19.9 Å². The summed E-state index contributed by atoms with van der Waals surface area (Å²) in [6.45, 7) is 8.29. The van der Waals surface area contributed by atoms with E-state index >= 15 is 0 Å². The second kappa shape index (κ2) is 10.1. The van der Waals surface area contributed by atoms with Crippen LogP contribution in [0.5, 0.6) is 11.6 Å². The summed E-state index contributed by atoms with van der Waals surface area (Å²) in [5.41, 5.74) is 0.578. The van der Waals surface area contributed by atoms with Crippen molar-refractivity contribution in [1.29, 1.82) is 0 Å². The number of sulfone groups is 1. The van der Waals surface area contributed by atoms with Gasteiger partial charge in [0.25, 0.3) is 5.88 Å². The van der Waals surface area contributed by atoms with Gasteiger partial charge in [-0.15, -0.1) is 0 Å². The second-order valence-electron chi connectivity index (χ2n) is 10.00. The maximum Gasteiger partial charge on any atom is 0.410 e. The molecule has 2 fully saturated rings. The van der Waals surface area contributed by atoms with Crippen molar-refractivity contribution in [2.75, 3.05) is 25.5 Å². The zero-order valence-corrected chi connectivity index (χ0v) is 22.1. The van der Waals surface area contributed by atoms with Crippen LogP contribution in [0.3, 0.4) is 0 Å². The molecule has 0 aromatic carbocycles. The Bertz CT molecular complexity index is 1220. The minimum Gasteiger partial charge on any atom is -0.489 e. The van der Waals surface area contributed by atoms with Crippen LogP contribution in [0, 0.1) is 6.92 Å². The van der Waals surface area contributed by atoms with Gasteiger partial charge in [-0.05, 0) is 52.7 Å². The summed E-state index contributed by atoms with van der Waals surface area (Å²) in [7, 11) is -1.88. The Labute approximate surface area is 211 Å². The van der Waals surface area contributed by atoms with Gasteiger partial charge in [0.15, 0.2) is 20.7 Å². The van der Waals surface area contributed by atoms with Gasteiger partial charge in [0.05, 0.1) is 23.7 Å². The van der Waals surface area contributed by atoms with E-state index in [0.717, 1.165) is 0 Å². The number of aromatic nitrogens is 3. The number of carbonyl (C=O) groups is 1. The summed E-state index contributed by atoms with van der Waals surface area (Å²) in [6, 6.07) is 3.18. The molecule has 2 aromatic heterocycles. The van der Waals surface area contributed by atoms with Gasteiger partial charge >= 0.3 is 6.09 Å². The lowest BCUT2D eigenvalue weighted by Gasteiger charge is -2.33. The van der Waals surface area contributed by atoms with E-state index in [2.05, 4.69) is 20.3 Å². The molecule has 4 rings (SSSR count). The van der Waals surface area contributed by atoms with Crippen molar-refractivity contribution in [2.24, 2.45) is 0 Å². The van der Waals surface area contributed by atoms with Gasteiger partial charge in [0.2, 0.25) is 5.75 Å². The maximum atomic E-state index is 12.5. The normalized spacial score (nSPS) is 17.0. The Kier molecular flexibility index (Phi) is 7.26. The highest BCUT2D eigenvalue weighted by molar-refractivity contribution is 7.92. The highest BCUT2D eigenvalue weighted by Gasteiger charge is 2.38. The number of likely N-dealkylation sites (tertiary alicyclic amines) is 1. The molecule has 12 heteroatoms. The first kappa shape index (κ1) is 25.9. The standard InChI is InChI=1S/C24H33N5O6S/c1-15-18(8-9-19(27-15)36(31,32)17-6-7-17)28-21-20(33-5)22(26-14-25-21)34-16-10-12-29(13-11-16)23(30)35-24(2,3)4/h8-9,14,16-17H,6-7,10-13H2,1-5H3,(H,25,26,28). The van der Waals surface area contributed by atoms with Gasteiger partial charge in [-0.25, -0.2) is 23.2 Å². The van der Waals surface area contributed by atoms with Crippen molar-refractivity contribution in [3.05, 3.63) is 24.2 Å². The number of aryl methyl sites for hydroxylation is 1. The van der Waals surface area contributed by atoms with E-state index < -0.39 is 15.4 Å². The SMILES string of the molecule is COc1c(Nc2ccc(S(=O)(=O)C3CC3)nc2C)ncnc1OC1CCN(C(=O)OC(C)(C)C)CC1. The molecule has 1 aliphatic heterocycles. The number of ether oxygens (including phenoxy) is 3. The first-order valence-corrected chi connectivity index (χ1v) is 13.5. The van der Waals surface area contributed by atoms with E-state index in [1.165, 1.54) is 19.5 Å². The van der Waals surface area contributed by atoms with Crippen molar-refractivity contribution >= 4 is 27.4 Å². The largest absolute Gasteiger partial charge is 0.489 e. The number of hydrogen-bond donors (Lipinski definition) is 1. The zero-order valence-electron chi connectivity index (χ0n) is 21.3. The minimum atomic E-state index is -3.37. The molecule has 0 radical (unpaired) electrons. The van der Waals surface area contributed by atoms with Crippen LogP contribution in [-0.4, -0.2) is 71.5 Å². The molecule has 0 atom stereocenters. The number of carbonyl (C=O) groups excluding carboxylic acids is 1. The van der Waals surface area contributed by atoms with E-state index in [0.29, 0.717) is 61.7 Å². The van der Waals surface area contributed by atoms with Gasteiger partial charge in [-0.3, -0.25) is 0 Å². The zero-order chi connectivity index (χ0) is 26.1. The molecule has 11 nitrogen and oxygen atoms in total. The first-order chi connectivity index (χ1) is 17.0. The summed E-state index contributed by atoms with van der Waals surface area (Å²) in [5.74, 6) is 0.974. The fourth-order valence-corrected chi connectivity index (χ4v) is 5.48. The predicted octanol–water partition coefficient (Wildman–Crippen LogP) is 3.65. The number of nitrogens with zero attached hydrogens (tertiary/aromatic N) is 4. The van der Waals surface area contributed by atoms with E-state index in [1.54, 1.807) is 17.9 Å². The number of rotatable bonds is 7. The molecule has 1 saturated carbocycles. The Morgan fingerprint density at radius 1 is 1.11 bits per heavy atom. The van der Waals surface area contributed by atoms with Crippen molar-refractivity contribution in [3.8, 4) is 11.6 Å². The number of pyridine rings is 1. The molecule has 1 amide bonds. The molecule has 196 valence electrons.